The average molecular weight is 369 g/mol. The molecular weight excluding hydrogens is 346 g/mol. The lowest BCUT2D eigenvalue weighted by atomic mass is 10.1. The molecule has 0 fully saturated rings. The summed E-state index contributed by atoms with van der Waals surface area (Å²) in [6, 6.07) is 13.8. The summed E-state index contributed by atoms with van der Waals surface area (Å²) in [6.07, 6.45) is 8.25. The van der Waals surface area contributed by atoms with Gasteiger partial charge in [0.05, 0.1) is 0 Å². The summed E-state index contributed by atoms with van der Waals surface area (Å²) in [5, 5.41) is 9.88. The molecule has 0 unspecified atom stereocenters. The normalized spacial score (nSPS) is 12.0. The van der Waals surface area contributed by atoms with Crippen molar-refractivity contribution in [3.05, 3.63) is 66.2 Å². The van der Waals surface area contributed by atoms with E-state index in [1.165, 1.54) is 5.56 Å². The SMILES string of the molecule is CSCC[C@@H](C(=O)Nc1n[nH]c(CCc2ccccc2)n1)n1cccc1. The third kappa shape index (κ3) is 4.98. The van der Waals surface area contributed by atoms with Crippen LogP contribution in [0.15, 0.2) is 54.9 Å². The Morgan fingerprint density at radius 1 is 1.19 bits per heavy atom. The van der Waals surface area contributed by atoms with Crippen molar-refractivity contribution >= 4 is 23.6 Å². The van der Waals surface area contributed by atoms with Gasteiger partial charge >= 0.3 is 0 Å². The van der Waals surface area contributed by atoms with Gasteiger partial charge in [-0.1, -0.05) is 30.3 Å². The lowest BCUT2D eigenvalue weighted by Crippen LogP contribution is -2.26. The van der Waals surface area contributed by atoms with Crippen molar-refractivity contribution in [1.29, 1.82) is 0 Å². The highest BCUT2D eigenvalue weighted by atomic mass is 32.2. The molecule has 136 valence electrons. The zero-order chi connectivity index (χ0) is 18.2. The molecule has 2 N–H and O–H groups in total. The fraction of sp³-hybridized carbons (Fsp3) is 0.316. The van der Waals surface area contributed by atoms with Gasteiger partial charge in [0, 0.05) is 18.8 Å². The van der Waals surface area contributed by atoms with E-state index in [0.717, 1.165) is 30.8 Å². The molecule has 1 aromatic carbocycles. The van der Waals surface area contributed by atoms with Gasteiger partial charge in [0.15, 0.2) is 0 Å². The van der Waals surface area contributed by atoms with Crippen LogP contribution in [0.25, 0.3) is 0 Å². The van der Waals surface area contributed by atoms with E-state index in [1.807, 2.05) is 53.5 Å². The van der Waals surface area contributed by atoms with Gasteiger partial charge in [-0.05, 0) is 42.5 Å². The number of nitrogens with zero attached hydrogens (tertiary/aromatic N) is 3. The molecule has 0 radical (unpaired) electrons. The van der Waals surface area contributed by atoms with Crippen molar-refractivity contribution in [1.82, 2.24) is 19.7 Å². The smallest absolute Gasteiger partial charge is 0.249 e. The van der Waals surface area contributed by atoms with Gasteiger partial charge < -0.3 is 4.57 Å². The highest BCUT2D eigenvalue weighted by Gasteiger charge is 2.20. The number of rotatable bonds is 9. The Bertz CT molecular complexity index is 800. The van der Waals surface area contributed by atoms with Gasteiger partial charge in [0.2, 0.25) is 11.9 Å². The second-order valence-electron chi connectivity index (χ2n) is 6.01. The first kappa shape index (κ1) is 18.3. The number of amides is 1. The maximum Gasteiger partial charge on any atom is 0.249 e. The second kappa shape index (κ2) is 9.24. The molecule has 0 saturated heterocycles. The van der Waals surface area contributed by atoms with Crippen LogP contribution in [0.2, 0.25) is 0 Å². The second-order valence-corrected chi connectivity index (χ2v) is 6.99. The van der Waals surface area contributed by atoms with E-state index < -0.39 is 0 Å². The summed E-state index contributed by atoms with van der Waals surface area (Å²) >= 11 is 1.73. The Balaban J connectivity index is 1.59. The largest absolute Gasteiger partial charge is 0.342 e. The molecule has 7 heteroatoms. The fourth-order valence-electron chi connectivity index (χ4n) is 2.76. The molecular formula is C19H23N5OS. The first-order chi connectivity index (χ1) is 12.8. The molecule has 0 bridgehead atoms. The number of aromatic amines is 1. The van der Waals surface area contributed by atoms with Crippen LogP contribution in [0, 0.1) is 0 Å². The van der Waals surface area contributed by atoms with Crippen LogP contribution in [-0.4, -0.2) is 37.7 Å². The summed E-state index contributed by atoms with van der Waals surface area (Å²) in [5.41, 5.74) is 1.25. The summed E-state index contributed by atoms with van der Waals surface area (Å²) in [5.74, 6) is 1.92. The lowest BCUT2D eigenvalue weighted by molar-refractivity contribution is -0.119. The molecule has 3 aromatic rings. The molecule has 2 aromatic heterocycles. The lowest BCUT2D eigenvalue weighted by Gasteiger charge is -2.17. The van der Waals surface area contributed by atoms with Crippen LogP contribution in [0.3, 0.4) is 0 Å². The Kier molecular flexibility index (Phi) is 6.49. The van der Waals surface area contributed by atoms with E-state index in [1.54, 1.807) is 11.8 Å². The van der Waals surface area contributed by atoms with E-state index in [9.17, 15) is 4.79 Å². The van der Waals surface area contributed by atoms with Gasteiger partial charge in [-0.2, -0.15) is 16.7 Å². The van der Waals surface area contributed by atoms with Crippen molar-refractivity contribution < 1.29 is 4.79 Å². The van der Waals surface area contributed by atoms with Crippen LogP contribution in [0.1, 0.15) is 23.9 Å². The summed E-state index contributed by atoms with van der Waals surface area (Å²) in [4.78, 5) is 17.1. The van der Waals surface area contributed by atoms with E-state index in [4.69, 9.17) is 0 Å². The topological polar surface area (TPSA) is 75.6 Å². The van der Waals surface area contributed by atoms with Gasteiger partial charge in [0.1, 0.15) is 11.9 Å². The minimum atomic E-state index is -0.260. The Hall–Kier alpha value is -2.54. The number of aryl methyl sites for hydroxylation is 2. The molecule has 0 aliphatic carbocycles. The quantitative estimate of drug-likeness (QED) is 0.607. The molecule has 2 heterocycles. The van der Waals surface area contributed by atoms with Crippen molar-refractivity contribution in [2.45, 2.75) is 25.3 Å². The third-order valence-corrected chi connectivity index (χ3v) is 4.79. The van der Waals surface area contributed by atoms with Gasteiger partial charge in [0.25, 0.3) is 0 Å². The zero-order valence-electron chi connectivity index (χ0n) is 14.8. The number of carbonyl (C=O) groups is 1. The standard InChI is InChI=1S/C19H23N5OS/c1-26-14-11-16(24-12-5-6-13-24)18(25)21-19-20-17(22-23-19)10-9-15-7-3-2-4-8-15/h2-8,12-13,16H,9-11,14H2,1H3,(H2,20,21,22,23,25)/t16-/m0/s1. The Morgan fingerprint density at radius 3 is 2.69 bits per heavy atom. The van der Waals surface area contributed by atoms with Crippen molar-refractivity contribution in [2.24, 2.45) is 0 Å². The summed E-state index contributed by atoms with van der Waals surface area (Å²) in [6.45, 7) is 0. The zero-order valence-corrected chi connectivity index (χ0v) is 15.6. The first-order valence-corrected chi connectivity index (χ1v) is 10.0. The molecule has 3 rings (SSSR count). The number of nitrogens with one attached hydrogen (secondary N) is 2. The number of carbonyl (C=O) groups excluding carboxylic acids is 1. The van der Waals surface area contributed by atoms with Gasteiger partial charge in [-0.3, -0.25) is 15.2 Å². The van der Waals surface area contributed by atoms with E-state index in [2.05, 4.69) is 32.6 Å². The van der Waals surface area contributed by atoms with E-state index in [-0.39, 0.29) is 11.9 Å². The summed E-state index contributed by atoms with van der Waals surface area (Å²) < 4.78 is 1.93. The minimum absolute atomic E-state index is 0.0936. The summed E-state index contributed by atoms with van der Waals surface area (Å²) in [7, 11) is 0. The predicted molar refractivity (Wildman–Crippen MR) is 105 cm³/mol. The van der Waals surface area contributed by atoms with Crippen molar-refractivity contribution in [2.75, 3.05) is 17.3 Å². The molecule has 6 nitrogen and oxygen atoms in total. The monoisotopic (exact) mass is 369 g/mol. The van der Waals surface area contributed by atoms with Crippen LogP contribution in [0.4, 0.5) is 5.95 Å². The number of anilines is 1. The maximum atomic E-state index is 12.7. The number of hydrogen-bond acceptors (Lipinski definition) is 4. The highest BCUT2D eigenvalue weighted by molar-refractivity contribution is 7.98. The molecule has 1 atom stereocenters. The van der Waals surface area contributed by atoms with Gasteiger partial charge in [-0.15, -0.1) is 5.10 Å². The minimum Gasteiger partial charge on any atom is -0.342 e. The molecule has 0 spiro atoms. The molecule has 0 aliphatic heterocycles. The van der Waals surface area contributed by atoms with E-state index in [0.29, 0.717) is 5.95 Å². The first-order valence-electron chi connectivity index (χ1n) is 8.63. The number of thioether (sulfide) groups is 1. The number of hydrogen-bond donors (Lipinski definition) is 2. The number of aromatic nitrogens is 4. The van der Waals surface area contributed by atoms with Gasteiger partial charge in [-0.25, -0.2) is 0 Å². The third-order valence-electron chi connectivity index (χ3n) is 4.15. The van der Waals surface area contributed by atoms with E-state index >= 15 is 0 Å². The van der Waals surface area contributed by atoms with Crippen LogP contribution >= 0.6 is 11.8 Å². The number of benzene rings is 1. The molecule has 0 aliphatic rings. The molecule has 1 amide bonds. The number of H-pyrrole nitrogens is 1. The predicted octanol–water partition coefficient (Wildman–Crippen LogP) is 3.32. The Labute approximate surface area is 157 Å². The average Bonchev–Trinajstić information content (AvgIpc) is 3.33. The van der Waals surface area contributed by atoms with Crippen molar-refractivity contribution in [3.63, 3.8) is 0 Å². The molecule has 0 saturated carbocycles. The van der Waals surface area contributed by atoms with Crippen LogP contribution in [0.5, 0.6) is 0 Å². The maximum absolute atomic E-state index is 12.7. The molecule has 26 heavy (non-hydrogen) atoms. The van der Waals surface area contributed by atoms with Crippen LogP contribution in [-0.2, 0) is 17.6 Å². The highest BCUT2D eigenvalue weighted by Crippen LogP contribution is 2.17. The van der Waals surface area contributed by atoms with Crippen molar-refractivity contribution in [3.8, 4) is 0 Å². The fourth-order valence-corrected chi connectivity index (χ4v) is 3.22. The Morgan fingerprint density at radius 2 is 1.96 bits per heavy atom. The van der Waals surface area contributed by atoms with Crippen LogP contribution < -0.4 is 5.32 Å².